The normalized spacial score (nSPS) is 12.0. The minimum Gasteiger partial charge on any atom is -0.454 e. The molecule has 234 valence electrons. The van der Waals surface area contributed by atoms with Crippen LogP contribution in [0.5, 0.6) is 0 Å². The maximum Gasteiger partial charge on any atom is 0.159 e. The first-order valence-electron chi connectivity index (χ1n) is 16.9. The maximum absolute atomic E-state index is 6.67. The minimum atomic E-state index is 0.875. The number of hydrogen-bond acceptors (Lipinski definition) is 3. The van der Waals surface area contributed by atoms with Crippen LogP contribution in [-0.2, 0) is 0 Å². The van der Waals surface area contributed by atoms with Gasteiger partial charge in [0.2, 0.25) is 0 Å². The van der Waals surface area contributed by atoms with Crippen molar-refractivity contribution in [2.24, 2.45) is 0 Å². The van der Waals surface area contributed by atoms with Crippen molar-refractivity contribution in [3.63, 3.8) is 0 Å². The Balaban J connectivity index is 1.22. The summed E-state index contributed by atoms with van der Waals surface area (Å²) in [5.74, 6) is 0. The molecule has 0 fully saturated rings. The van der Waals surface area contributed by atoms with E-state index in [1.807, 2.05) is 17.4 Å². The van der Waals surface area contributed by atoms with Crippen LogP contribution in [0.15, 0.2) is 174 Å². The van der Waals surface area contributed by atoms with E-state index in [1.165, 1.54) is 47.2 Å². The van der Waals surface area contributed by atoms with Gasteiger partial charge in [0.1, 0.15) is 5.58 Å². The molecule has 11 rings (SSSR count). The van der Waals surface area contributed by atoms with Crippen LogP contribution < -0.4 is 4.90 Å². The highest BCUT2D eigenvalue weighted by molar-refractivity contribution is 7.25. The Morgan fingerprint density at radius 1 is 0.440 bits per heavy atom. The van der Waals surface area contributed by atoms with Gasteiger partial charge in [-0.25, -0.2) is 0 Å². The fourth-order valence-electron chi connectivity index (χ4n) is 7.88. The lowest BCUT2D eigenvalue weighted by Gasteiger charge is -2.26. The highest BCUT2D eigenvalue weighted by atomic mass is 32.1. The van der Waals surface area contributed by atoms with E-state index in [4.69, 9.17) is 4.42 Å². The molecule has 0 bridgehead atoms. The molecule has 0 aliphatic rings. The summed E-state index contributed by atoms with van der Waals surface area (Å²) in [7, 11) is 0. The average molecular weight is 657 g/mol. The zero-order chi connectivity index (χ0) is 32.8. The van der Waals surface area contributed by atoms with Crippen molar-refractivity contribution in [2.45, 2.75) is 0 Å². The van der Waals surface area contributed by atoms with Crippen LogP contribution in [0.1, 0.15) is 0 Å². The first-order valence-corrected chi connectivity index (χ1v) is 17.7. The lowest BCUT2D eigenvalue weighted by atomic mass is 10.1. The van der Waals surface area contributed by atoms with Gasteiger partial charge in [-0.05, 0) is 77.5 Å². The zero-order valence-electron chi connectivity index (χ0n) is 26.9. The number of fused-ring (bicyclic) bond motifs is 10. The summed E-state index contributed by atoms with van der Waals surface area (Å²) in [4.78, 5) is 2.37. The second-order valence-electron chi connectivity index (χ2n) is 13.0. The Morgan fingerprint density at radius 3 is 1.98 bits per heavy atom. The number of anilines is 3. The number of thiophene rings is 1. The molecule has 0 saturated carbocycles. The van der Waals surface area contributed by atoms with Crippen LogP contribution in [-0.4, -0.2) is 4.57 Å². The van der Waals surface area contributed by atoms with Crippen molar-refractivity contribution in [2.75, 3.05) is 4.90 Å². The Hall–Kier alpha value is -6.36. The Kier molecular flexibility index (Phi) is 5.83. The summed E-state index contributed by atoms with van der Waals surface area (Å²) in [6.07, 6.45) is 0. The Labute approximate surface area is 291 Å². The third-order valence-corrected chi connectivity index (χ3v) is 11.3. The Bertz CT molecular complexity index is 3110. The standard InChI is InChI=1S/C46H28N2OS/c1-2-13-31(14-3-1)48-41-26-30-12-5-4-11-29(30)25-39(41)34-23-21-32(27-42(34)48)47(33-22-24-37-36-16-7-9-20-44(36)50-45(37)28-33)40-18-10-17-38-35-15-6-8-19-43(35)49-46(38)40/h1-28H. The molecule has 8 aromatic carbocycles. The molecule has 50 heavy (non-hydrogen) atoms. The Morgan fingerprint density at radius 2 is 1.10 bits per heavy atom. The van der Waals surface area contributed by atoms with Crippen molar-refractivity contribution >= 4 is 103 Å². The van der Waals surface area contributed by atoms with Crippen LogP contribution >= 0.6 is 11.3 Å². The average Bonchev–Trinajstić information content (AvgIpc) is 3.83. The summed E-state index contributed by atoms with van der Waals surface area (Å²) in [6, 6.07) is 61.3. The van der Waals surface area contributed by atoms with E-state index in [0.29, 0.717) is 0 Å². The molecular weight excluding hydrogens is 629 g/mol. The van der Waals surface area contributed by atoms with E-state index < -0.39 is 0 Å². The number of hydrogen-bond donors (Lipinski definition) is 0. The molecule has 0 radical (unpaired) electrons. The molecule has 0 saturated heterocycles. The quantitative estimate of drug-likeness (QED) is 0.188. The van der Waals surface area contributed by atoms with E-state index in [-0.39, 0.29) is 0 Å². The maximum atomic E-state index is 6.67. The first kappa shape index (κ1) is 27.6. The third-order valence-electron chi connectivity index (χ3n) is 10.1. The molecule has 0 spiro atoms. The smallest absolute Gasteiger partial charge is 0.159 e. The van der Waals surface area contributed by atoms with Crippen LogP contribution in [0.4, 0.5) is 17.1 Å². The number of nitrogens with zero attached hydrogens (tertiary/aromatic N) is 2. The highest BCUT2D eigenvalue weighted by Crippen LogP contribution is 2.46. The van der Waals surface area contributed by atoms with Crippen LogP contribution in [0.2, 0.25) is 0 Å². The largest absolute Gasteiger partial charge is 0.454 e. The summed E-state index contributed by atoms with van der Waals surface area (Å²) < 4.78 is 11.6. The molecule has 0 aliphatic heterocycles. The van der Waals surface area contributed by atoms with Gasteiger partial charge in [0.15, 0.2) is 5.58 Å². The molecule has 11 aromatic rings. The minimum absolute atomic E-state index is 0.875. The van der Waals surface area contributed by atoms with Gasteiger partial charge in [-0.2, -0.15) is 0 Å². The summed E-state index contributed by atoms with van der Waals surface area (Å²) >= 11 is 1.84. The van der Waals surface area contributed by atoms with Crippen LogP contribution in [0, 0.1) is 0 Å². The molecule has 3 nitrogen and oxygen atoms in total. The van der Waals surface area contributed by atoms with Crippen molar-refractivity contribution in [1.82, 2.24) is 4.57 Å². The fraction of sp³-hybridized carbons (Fsp3) is 0. The van der Waals surface area contributed by atoms with Crippen LogP contribution in [0.25, 0.3) is 80.4 Å². The van der Waals surface area contributed by atoms with Gasteiger partial charge < -0.3 is 13.9 Å². The van der Waals surface area contributed by atoms with Gasteiger partial charge in [-0.1, -0.05) is 103 Å². The summed E-state index contributed by atoms with van der Waals surface area (Å²) in [5, 5.41) is 9.75. The van der Waals surface area contributed by atoms with Gasteiger partial charge in [0, 0.05) is 58.8 Å². The van der Waals surface area contributed by atoms with E-state index in [2.05, 4.69) is 173 Å². The lowest BCUT2D eigenvalue weighted by molar-refractivity contribution is 0.669. The van der Waals surface area contributed by atoms with Crippen molar-refractivity contribution in [3.8, 4) is 5.69 Å². The van der Waals surface area contributed by atoms with E-state index in [0.717, 1.165) is 50.2 Å². The lowest BCUT2D eigenvalue weighted by Crippen LogP contribution is -2.10. The summed E-state index contributed by atoms with van der Waals surface area (Å²) in [6.45, 7) is 0. The summed E-state index contributed by atoms with van der Waals surface area (Å²) in [5.41, 5.74) is 8.41. The predicted molar refractivity (Wildman–Crippen MR) is 213 cm³/mol. The predicted octanol–water partition coefficient (Wildman–Crippen LogP) is 13.7. The van der Waals surface area contributed by atoms with Gasteiger partial charge >= 0.3 is 0 Å². The van der Waals surface area contributed by atoms with E-state index in [1.54, 1.807) is 0 Å². The molecule has 0 amide bonds. The SMILES string of the molecule is c1ccc(-n2c3cc(N(c4ccc5c(c4)sc4ccccc45)c4cccc5c4oc4ccccc45)ccc3c3cc4ccccc4cc32)cc1. The molecule has 3 heterocycles. The van der Waals surface area contributed by atoms with Crippen molar-refractivity contribution in [3.05, 3.63) is 170 Å². The van der Waals surface area contributed by atoms with E-state index in [9.17, 15) is 0 Å². The van der Waals surface area contributed by atoms with Crippen LogP contribution in [0.3, 0.4) is 0 Å². The van der Waals surface area contributed by atoms with Gasteiger partial charge in [0.05, 0.1) is 16.7 Å². The molecule has 0 aliphatic carbocycles. The molecular formula is C46H28N2OS. The number of benzene rings is 8. The number of rotatable bonds is 4. The first-order chi connectivity index (χ1) is 24.8. The molecule has 0 atom stereocenters. The number of para-hydroxylation sites is 3. The van der Waals surface area contributed by atoms with E-state index >= 15 is 0 Å². The van der Waals surface area contributed by atoms with Gasteiger partial charge in [-0.3, -0.25) is 0 Å². The monoisotopic (exact) mass is 656 g/mol. The zero-order valence-corrected chi connectivity index (χ0v) is 27.7. The molecule has 0 N–H and O–H groups in total. The second kappa shape index (κ2) is 10.6. The van der Waals surface area contributed by atoms with Gasteiger partial charge in [0.25, 0.3) is 0 Å². The third kappa shape index (κ3) is 4.03. The molecule has 3 aromatic heterocycles. The number of furan rings is 1. The van der Waals surface area contributed by atoms with Gasteiger partial charge in [-0.15, -0.1) is 11.3 Å². The fourth-order valence-corrected chi connectivity index (χ4v) is 9.01. The highest BCUT2D eigenvalue weighted by Gasteiger charge is 2.22. The topological polar surface area (TPSA) is 21.3 Å². The van der Waals surface area contributed by atoms with Crippen molar-refractivity contribution in [1.29, 1.82) is 0 Å². The second-order valence-corrected chi connectivity index (χ2v) is 14.0. The molecule has 0 unspecified atom stereocenters. The van der Waals surface area contributed by atoms with Crippen molar-refractivity contribution < 1.29 is 4.42 Å². The number of aromatic nitrogens is 1. The molecule has 4 heteroatoms.